The summed E-state index contributed by atoms with van der Waals surface area (Å²) in [5, 5.41) is 3.98. The highest BCUT2D eigenvalue weighted by Crippen LogP contribution is 2.26. The van der Waals surface area contributed by atoms with Gasteiger partial charge in [-0.05, 0) is 56.3 Å². The number of anilines is 1. The first-order valence-corrected chi connectivity index (χ1v) is 8.17. The molecule has 2 N–H and O–H groups in total. The molecule has 0 aliphatic rings. The Balaban J connectivity index is 1.87. The first-order chi connectivity index (χ1) is 11.0. The number of aromatic nitrogens is 1. The zero-order chi connectivity index (χ0) is 16.4. The highest BCUT2D eigenvalue weighted by Gasteiger charge is 2.14. The van der Waals surface area contributed by atoms with Crippen molar-refractivity contribution in [2.75, 3.05) is 5.32 Å². The summed E-state index contributed by atoms with van der Waals surface area (Å²) >= 11 is 3.41. The fraction of sp³-hybridized carbons (Fsp3) is 0.167. The van der Waals surface area contributed by atoms with Gasteiger partial charge in [0.15, 0.2) is 0 Å². The van der Waals surface area contributed by atoms with E-state index in [1.807, 2.05) is 56.4 Å². The third-order valence-corrected chi connectivity index (χ3v) is 3.86. The van der Waals surface area contributed by atoms with Crippen LogP contribution >= 0.6 is 15.9 Å². The normalized spacial score (nSPS) is 11.0. The Morgan fingerprint density at radius 3 is 2.78 bits per heavy atom. The molecular weight excluding hydrogens is 356 g/mol. The monoisotopic (exact) mass is 372 g/mol. The van der Waals surface area contributed by atoms with Crippen LogP contribution in [0.25, 0.3) is 10.9 Å². The average molecular weight is 373 g/mol. The molecule has 4 nitrogen and oxygen atoms in total. The lowest BCUT2D eigenvalue weighted by molar-refractivity contribution is 0.102. The van der Waals surface area contributed by atoms with Crippen LogP contribution in [-0.2, 0) is 0 Å². The van der Waals surface area contributed by atoms with Crippen molar-refractivity contribution in [1.82, 2.24) is 4.98 Å². The Morgan fingerprint density at radius 1 is 1.17 bits per heavy atom. The molecule has 1 heterocycles. The second kappa shape index (κ2) is 6.46. The number of benzene rings is 2. The number of hydrogen-bond donors (Lipinski definition) is 2. The largest absolute Gasteiger partial charge is 0.490 e. The number of rotatable bonds is 4. The van der Waals surface area contributed by atoms with Crippen LogP contribution in [0.3, 0.4) is 0 Å². The maximum Gasteiger partial charge on any atom is 0.259 e. The molecule has 0 spiro atoms. The molecule has 1 aromatic heterocycles. The first-order valence-electron chi connectivity index (χ1n) is 7.37. The Bertz CT molecular complexity index is 855. The number of nitrogens with one attached hydrogen (secondary N) is 2. The maximum atomic E-state index is 12.6. The van der Waals surface area contributed by atoms with Crippen molar-refractivity contribution in [3.63, 3.8) is 0 Å². The van der Waals surface area contributed by atoms with Crippen LogP contribution in [0.1, 0.15) is 24.2 Å². The fourth-order valence-corrected chi connectivity index (χ4v) is 2.70. The van der Waals surface area contributed by atoms with Crippen molar-refractivity contribution >= 4 is 38.4 Å². The van der Waals surface area contributed by atoms with Crippen molar-refractivity contribution in [1.29, 1.82) is 0 Å². The van der Waals surface area contributed by atoms with Gasteiger partial charge in [-0.1, -0.05) is 15.9 Å². The van der Waals surface area contributed by atoms with Gasteiger partial charge in [-0.15, -0.1) is 0 Å². The number of amides is 1. The van der Waals surface area contributed by atoms with Crippen molar-refractivity contribution in [3.05, 3.63) is 58.7 Å². The summed E-state index contributed by atoms with van der Waals surface area (Å²) in [5.41, 5.74) is 2.30. The molecule has 0 fully saturated rings. The molecule has 0 radical (unpaired) electrons. The van der Waals surface area contributed by atoms with Gasteiger partial charge in [0.25, 0.3) is 5.91 Å². The summed E-state index contributed by atoms with van der Waals surface area (Å²) in [4.78, 5) is 15.7. The van der Waals surface area contributed by atoms with Gasteiger partial charge < -0.3 is 15.0 Å². The molecule has 3 aromatic rings. The SMILES string of the molecule is CC(C)Oc1cc(Br)ccc1C(=O)Nc1ccc2[nH]ccc2c1. The standard InChI is InChI=1S/C18H17BrN2O2/c1-11(2)23-17-10-13(19)3-5-15(17)18(22)21-14-4-6-16-12(9-14)7-8-20-16/h3-11,20H,1-2H3,(H,21,22). The number of aromatic amines is 1. The van der Waals surface area contributed by atoms with Gasteiger partial charge in [-0.2, -0.15) is 0 Å². The molecule has 0 atom stereocenters. The molecule has 0 bridgehead atoms. The molecule has 1 amide bonds. The van der Waals surface area contributed by atoms with Crippen LogP contribution in [0.2, 0.25) is 0 Å². The van der Waals surface area contributed by atoms with Crippen molar-refractivity contribution in [2.24, 2.45) is 0 Å². The number of halogens is 1. The van der Waals surface area contributed by atoms with E-state index >= 15 is 0 Å². The zero-order valence-corrected chi connectivity index (χ0v) is 14.5. The van der Waals surface area contributed by atoms with E-state index in [-0.39, 0.29) is 12.0 Å². The minimum atomic E-state index is -0.192. The van der Waals surface area contributed by atoms with E-state index in [0.29, 0.717) is 11.3 Å². The lowest BCUT2D eigenvalue weighted by Gasteiger charge is -2.14. The fourth-order valence-electron chi connectivity index (χ4n) is 2.36. The van der Waals surface area contributed by atoms with E-state index in [2.05, 4.69) is 26.2 Å². The smallest absolute Gasteiger partial charge is 0.259 e. The van der Waals surface area contributed by atoms with Gasteiger partial charge in [0.1, 0.15) is 5.75 Å². The van der Waals surface area contributed by atoms with Crippen LogP contribution < -0.4 is 10.1 Å². The number of carbonyl (C=O) groups is 1. The molecule has 0 unspecified atom stereocenters. The topological polar surface area (TPSA) is 54.1 Å². The Kier molecular flexibility index (Phi) is 4.39. The molecule has 0 aliphatic heterocycles. The van der Waals surface area contributed by atoms with E-state index in [4.69, 9.17) is 4.74 Å². The van der Waals surface area contributed by atoms with Gasteiger partial charge >= 0.3 is 0 Å². The molecule has 0 aliphatic carbocycles. The molecule has 23 heavy (non-hydrogen) atoms. The Labute approximate surface area is 143 Å². The predicted octanol–water partition coefficient (Wildman–Crippen LogP) is 4.97. The van der Waals surface area contributed by atoms with Crippen molar-refractivity contribution in [3.8, 4) is 5.75 Å². The summed E-state index contributed by atoms with van der Waals surface area (Å²) in [6.07, 6.45) is 1.87. The van der Waals surface area contributed by atoms with Crippen molar-refractivity contribution < 1.29 is 9.53 Å². The lowest BCUT2D eigenvalue weighted by atomic mass is 10.1. The quantitative estimate of drug-likeness (QED) is 0.679. The molecule has 118 valence electrons. The first kappa shape index (κ1) is 15.6. The van der Waals surface area contributed by atoms with E-state index < -0.39 is 0 Å². The lowest BCUT2D eigenvalue weighted by Crippen LogP contribution is -2.15. The summed E-state index contributed by atoms with van der Waals surface area (Å²) < 4.78 is 6.62. The maximum absolute atomic E-state index is 12.6. The third kappa shape index (κ3) is 3.56. The molecule has 2 aromatic carbocycles. The molecule has 0 saturated heterocycles. The summed E-state index contributed by atoms with van der Waals surface area (Å²) in [7, 11) is 0. The van der Waals surface area contributed by atoms with Gasteiger partial charge in [0.05, 0.1) is 11.7 Å². The predicted molar refractivity (Wildman–Crippen MR) is 96.2 cm³/mol. The molecular formula is C18H17BrN2O2. The van der Waals surface area contributed by atoms with Crippen LogP contribution in [0.15, 0.2) is 53.1 Å². The van der Waals surface area contributed by atoms with Gasteiger partial charge in [0.2, 0.25) is 0 Å². The van der Waals surface area contributed by atoms with E-state index in [1.165, 1.54) is 0 Å². The van der Waals surface area contributed by atoms with Crippen molar-refractivity contribution in [2.45, 2.75) is 20.0 Å². The zero-order valence-electron chi connectivity index (χ0n) is 12.9. The highest BCUT2D eigenvalue weighted by molar-refractivity contribution is 9.10. The van der Waals surface area contributed by atoms with Gasteiger partial charge in [-0.3, -0.25) is 4.79 Å². The van der Waals surface area contributed by atoms with Gasteiger partial charge in [-0.25, -0.2) is 0 Å². The number of carbonyl (C=O) groups excluding carboxylic acids is 1. The van der Waals surface area contributed by atoms with Gasteiger partial charge in [0, 0.05) is 27.3 Å². The minimum absolute atomic E-state index is 0.00736. The second-order valence-corrected chi connectivity index (χ2v) is 6.46. The summed E-state index contributed by atoms with van der Waals surface area (Å²) in [6.45, 7) is 3.87. The van der Waals surface area contributed by atoms with E-state index in [0.717, 1.165) is 21.1 Å². The van der Waals surface area contributed by atoms with Crippen LogP contribution in [0, 0.1) is 0 Å². The van der Waals surface area contributed by atoms with E-state index in [9.17, 15) is 4.79 Å². The third-order valence-electron chi connectivity index (χ3n) is 3.36. The summed E-state index contributed by atoms with van der Waals surface area (Å²) in [6, 6.07) is 13.1. The summed E-state index contributed by atoms with van der Waals surface area (Å²) in [5.74, 6) is 0.373. The number of fused-ring (bicyclic) bond motifs is 1. The highest BCUT2D eigenvalue weighted by atomic mass is 79.9. The second-order valence-electron chi connectivity index (χ2n) is 5.54. The van der Waals surface area contributed by atoms with E-state index in [1.54, 1.807) is 6.07 Å². The van der Waals surface area contributed by atoms with Crippen LogP contribution in [0.5, 0.6) is 5.75 Å². The molecule has 0 saturated carbocycles. The van der Waals surface area contributed by atoms with Crippen LogP contribution in [0.4, 0.5) is 5.69 Å². The number of H-pyrrole nitrogens is 1. The molecule has 3 rings (SSSR count). The van der Waals surface area contributed by atoms with Crippen LogP contribution in [-0.4, -0.2) is 17.0 Å². The number of ether oxygens (including phenoxy) is 1. The Morgan fingerprint density at radius 2 is 2.00 bits per heavy atom. The average Bonchev–Trinajstić information content (AvgIpc) is 2.94. The molecule has 5 heteroatoms. The number of hydrogen-bond acceptors (Lipinski definition) is 2. The Hall–Kier alpha value is -2.27. The minimum Gasteiger partial charge on any atom is -0.490 e.